The first-order chi connectivity index (χ1) is 11.9. The van der Waals surface area contributed by atoms with E-state index in [1.807, 2.05) is 21.6 Å². The van der Waals surface area contributed by atoms with Crippen molar-refractivity contribution in [3.8, 4) is 0 Å². The highest BCUT2D eigenvalue weighted by Crippen LogP contribution is 2.15. The van der Waals surface area contributed by atoms with Gasteiger partial charge in [0, 0.05) is 38.2 Å². The van der Waals surface area contributed by atoms with Crippen LogP contribution in [0.15, 0.2) is 49.2 Å². The number of benzene rings is 1. The number of rotatable bonds is 6. The Kier molecular flexibility index (Phi) is 4.24. The molecule has 0 aliphatic carbocycles. The number of hydrogen-bond acceptors (Lipinski definition) is 5. The zero-order valence-corrected chi connectivity index (χ0v) is 13.5. The lowest BCUT2D eigenvalue weighted by Gasteiger charge is -2.25. The second-order valence-corrected chi connectivity index (χ2v) is 6.19. The van der Waals surface area contributed by atoms with E-state index in [4.69, 9.17) is 0 Å². The maximum absolute atomic E-state index is 4.33. The highest BCUT2D eigenvalue weighted by molar-refractivity contribution is 5.35. The summed E-state index contributed by atoms with van der Waals surface area (Å²) in [6.45, 7) is 4.58. The molecule has 3 aromatic rings. The van der Waals surface area contributed by atoms with Crippen LogP contribution in [0.5, 0.6) is 0 Å². The van der Waals surface area contributed by atoms with Gasteiger partial charge in [-0.2, -0.15) is 10.2 Å². The van der Waals surface area contributed by atoms with Crippen LogP contribution in [-0.4, -0.2) is 37.6 Å². The van der Waals surface area contributed by atoms with Gasteiger partial charge in [0.15, 0.2) is 0 Å². The van der Waals surface area contributed by atoms with Crippen LogP contribution < -0.4 is 10.6 Å². The zero-order chi connectivity index (χ0) is 16.2. The van der Waals surface area contributed by atoms with Crippen molar-refractivity contribution in [2.24, 2.45) is 5.92 Å². The van der Waals surface area contributed by atoms with E-state index in [0.717, 1.165) is 38.5 Å². The Hall–Kier alpha value is -2.67. The molecule has 0 fully saturated rings. The lowest BCUT2D eigenvalue weighted by molar-refractivity contribution is 0.391. The van der Waals surface area contributed by atoms with Gasteiger partial charge in [0.1, 0.15) is 18.5 Å². The monoisotopic (exact) mass is 323 g/mol. The van der Waals surface area contributed by atoms with E-state index in [9.17, 15) is 0 Å². The second kappa shape index (κ2) is 6.84. The average Bonchev–Trinajstić information content (AvgIpc) is 3.27. The highest BCUT2D eigenvalue weighted by Gasteiger charge is 2.17. The number of nitrogens with one attached hydrogen (secondary N) is 2. The molecule has 0 unspecified atom stereocenters. The third-order valence-corrected chi connectivity index (χ3v) is 4.32. The largest absolute Gasteiger partial charge is 0.370 e. The summed E-state index contributed by atoms with van der Waals surface area (Å²) in [6, 6.07) is 10.7. The minimum Gasteiger partial charge on any atom is -0.370 e. The lowest BCUT2D eigenvalue weighted by Crippen LogP contribution is -2.35. The first-order valence-corrected chi connectivity index (χ1v) is 8.23. The van der Waals surface area contributed by atoms with Gasteiger partial charge in [-0.1, -0.05) is 24.3 Å². The number of fused-ring (bicyclic) bond motifs is 1. The third kappa shape index (κ3) is 3.46. The summed E-state index contributed by atoms with van der Waals surface area (Å²) in [5, 5.41) is 15.4. The first kappa shape index (κ1) is 14.9. The van der Waals surface area contributed by atoms with Crippen molar-refractivity contribution in [2.45, 2.75) is 19.6 Å². The maximum atomic E-state index is 4.33. The summed E-state index contributed by atoms with van der Waals surface area (Å²) in [6.07, 6.45) is 5.14. The molecule has 1 aliphatic heterocycles. The van der Waals surface area contributed by atoms with Gasteiger partial charge in [-0.25, -0.2) is 14.3 Å². The van der Waals surface area contributed by atoms with E-state index in [1.165, 1.54) is 11.1 Å². The van der Waals surface area contributed by atoms with Crippen LogP contribution in [0.25, 0.3) is 0 Å². The number of nitrogens with zero attached hydrogens (tertiary/aromatic N) is 5. The summed E-state index contributed by atoms with van der Waals surface area (Å²) in [7, 11) is 0. The van der Waals surface area contributed by atoms with Crippen molar-refractivity contribution >= 4 is 5.82 Å². The van der Waals surface area contributed by atoms with Crippen LogP contribution in [0.1, 0.15) is 11.1 Å². The van der Waals surface area contributed by atoms with Crippen LogP contribution in [0.2, 0.25) is 0 Å². The number of hydrogen-bond donors (Lipinski definition) is 2. The molecule has 0 radical (unpaired) electrons. The van der Waals surface area contributed by atoms with Gasteiger partial charge in [0.25, 0.3) is 0 Å². The highest BCUT2D eigenvalue weighted by atomic mass is 15.3. The van der Waals surface area contributed by atoms with Crippen molar-refractivity contribution in [1.29, 1.82) is 0 Å². The van der Waals surface area contributed by atoms with E-state index in [1.54, 1.807) is 12.7 Å². The summed E-state index contributed by atoms with van der Waals surface area (Å²) in [4.78, 5) is 3.96. The van der Waals surface area contributed by atoms with E-state index in [2.05, 4.69) is 50.1 Å². The molecule has 7 heteroatoms. The topological polar surface area (TPSA) is 72.6 Å². The molecule has 0 saturated carbocycles. The molecule has 124 valence electrons. The Morgan fingerprint density at radius 3 is 2.83 bits per heavy atom. The SMILES string of the molecule is c1ncn(Cc2ccc(CNC[C@@H]3CNc4ccnn4C3)cc2)n1. The molecule has 1 atom stereocenters. The normalized spacial score (nSPS) is 16.6. The van der Waals surface area contributed by atoms with E-state index < -0.39 is 0 Å². The molecule has 2 aromatic heterocycles. The molecule has 7 nitrogen and oxygen atoms in total. The molecule has 2 N–H and O–H groups in total. The minimum atomic E-state index is 0.559. The quantitative estimate of drug-likeness (QED) is 0.716. The molecule has 0 amide bonds. The Morgan fingerprint density at radius 1 is 1.12 bits per heavy atom. The predicted molar refractivity (Wildman–Crippen MR) is 91.5 cm³/mol. The minimum absolute atomic E-state index is 0.559. The van der Waals surface area contributed by atoms with Crippen molar-refractivity contribution in [1.82, 2.24) is 29.9 Å². The summed E-state index contributed by atoms with van der Waals surface area (Å²) >= 11 is 0. The van der Waals surface area contributed by atoms with Crippen LogP contribution >= 0.6 is 0 Å². The molecular weight excluding hydrogens is 302 g/mol. The zero-order valence-electron chi connectivity index (χ0n) is 13.5. The first-order valence-electron chi connectivity index (χ1n) is 8.23. The van der Waals surface area contributed by atoms with Crippen LogP contribution in [0.3, 0.4) is 0 Å². The Morgan fingerprint density at radius 2 is 2.00 bits per heavy atom. The van der Waals surface area contributed by atoms with E-state index in [-0.39, 0.29) is 0 Å². The molecule has 1 aromatic carbocycles. The van der Waals surface area contributed by atoms with Gasteiger partial charge in [-0.15, -0.1) is 0 Å². The number of aromatic nitrogens is 5. The fourth-order valence-corrected chi connectivity index (χ4v) is 3.01. The fourth-order valence-electron chi connectivity index (χ4n) is 3.01. The van der Waals surface area contributed by atoms with Crippen LogP contribution in [0.4, 0.5) is 5.82 Å². The average molecular weight is 323 g/mol. The predicted octanol–water partition coefficient (Wildman–Crippen LogP) is 1.35. The Bertz CT molecular complexity index is 761. The standard InChI is InChI=1S/C17H21N7/c1-3-15(10-23-13-19-12-22-23)4-2-14(1)7-18-8-16-9-20-17-5-6-21-24(17)11-16/h1-6,12-13,16,18,20H,7-11H2/t16-/m1/s1. The van der Waals surface area contributed by atoms with Gasteiger partial charge >= 0.3 is 0 Å². The van der Waals surface area contributed by atoms with Crippen LogP contribution in [-0.2, 0) is 19.6 Å². The van der Waals surface area contributed by atoms with Gasteiger partial charge < -0.3 is 10.6 Å². The van der Waals surface area contributed by atoms with E-state index >= 15 is 0 Å². The smallest absolute Gasteiger partial charge is 0.137 e. The molecule has 0 saturated heterocycles. The number of anilines is 1. The Balaban J connectivity index is 1.24. The molecule has 4 rings (SSSR count). The summed E-state index contributed by atoms with van der Waals surface area (Å²) < 4.78 is 3.86. The van der Waals surface area contributed by atoms with Crippen molar-refractivity contribution in [3.63, 3.8) is 0 Å². The lowest BCUT2D eigenvalue weighted by atomic mass is 10.1. The summed E-state index contributed by atoms with van der Waals surface area (Å²) in [5.41, 5.74) is 2.52. The molecule has 1 aliphatic rings. The Labute approximate surface area is 140 Å². The molecule has 24 heavy (non-hydrogen) atoms. The van der Waals surface area contributed by atoms with Gasteiger partial charge in [-0.05, 0) is 11.1 Å². The fraction of sp³-hybridized carbons (Fsp3) is 0.353. The molecular formula is C17H21N7. The third-order valence-electron chi connectivity index (χ3n) is 4.32. The van der Waals surface area contributed by atoms with Crippen LogP contribution in [0, 0.1) is 5.92 Å². The van der Waals surface area contributed by atoms with Crippen molar-refractivity contribution in [2.75, 3.05) is 18.4 Å². The van der Waals surface area contributed by atoms with Crippen molar-refractivity contribution in [3.05, 3.63) is 60.3 Å². The summed E-state index contributed by atoms with van der Waals surface area (Å²) in [5.74, 6) is 1.68. The second-order valence-electron chi connectivity index (χ2n) is 6.19. The molecule has 3 heterocycles. The molecule has 0 spiro atoms. The molecule has 0 bridgehead atoms. The van der Waals surface area contributed by atoms with Gasteiger partial charge in [0.2, 0.25) is 0 Å². The van der Waals surface area contributed by atoms with Gasteiger partial charge in [-0.3, -0.25) is 0 Å². The maximum Gasteiger partial charge on any atom is 0.137 e. The van der Waals surface area contributed by atoms with E-state index in [0.29, 0.717) is 5.92 Å². The van der Waals surface area contributed by atoms with Gasteiger partial charge in [0.05, 0.1) is 12.7 Å². The van der Waals surface area contributed by atoms with Crippen molar-refractivity contribution < 1.29 is 0 Å².